The number of hydrogen-bond acceptors (Lipinski definition) is 2. The minimum Gasteiger partial charge on any atom is -0.724 e. The van der Waals surface area contributed by atoms with E-state index in [-0.39, 0.29) is 0 Å². The molecule has 0 unspecified atom stereocenters. The molecule has 64 valence electrons. The Kier molecular flexibility index (Phi) is 17.2. The zero-order chi connectivity index (χ0) is 9.91. The number of rotatable bonds is 0. The smallest absolute Gasteiger partial charge is 0.0159 e. The average molecular weight is 156 g/mol. The predicted molar refractivity (Wildman–Crippen MR) is 43.2 cm³/mol. The van der Waals surface area contributed by atoms with Crippen molar-refractivity contribution >= 4 is 12.2 Å². The van der Waals surface area contributed by atoms with Gasteiger partial charge in [0.2, 0.25) is 0 Å². The number of isocyanates is 2. The van der Waals surface area contributed by atoms with Crippen molar-refractivity contribution in [3.05, 3.63) is 10.8 Å². The molecule has 4 heteroatoms. The van der Waals surface area contributed by atoms with Crippen LogP contribution in [-0.2, 0) is 9.59 Å². The molecule has 0 atom stereocenters. The van der Waals surface area contributed by atoms with Crippen LogP contribution in [0.3, 0.4) is 0 Å². The highest BCUT2D eigenvalue weighted by Crippen LogP contribution is 2.07. The van der Waals surface area contributed by atoms with Gasteiger partial charge in [0.25, 0.3) is 0 Å². The van der Waals surface area contributed by atoms with Gasteiger partial charge in [0.1, 0.15) is 0 Å². The summed E-state index contributed by atoms with van der Waals surface area (Å²) in [5.74, 6) is 0. The molecule has 0 bridgehead atoms. The fourth-order valence-electron chi connectivity index (χ4n) is 0. The molecule has 0 spiro atoms. The molecule has 0 saturated heterocycles. The second-order valence-corrected chi connectivity index (χ2v) is 3.18. The molecule has 0 aromatic carbocycles. The van der Waals surface area contributed by atoms with Crippen molar-refractivity contribution in [3.8, 4) is 0 Å². The summed E-state index contributed by atoms with van der Waals surface area (Å²) in [6, 6.07) is 0. The maximum absolute atomic E-state index is 8.24. The molecule has 0 aliphatic carbocycles. The lowest BCUT2D eigenvalue weighted by molar-refractivity contribution is 0.469. The molecule has 0 saturated carbocycles. The molecule has 0 fully saturated rings. The van der Waals surface area contributed by atoms with Crippen molar-refractivity contribution in [2.24, 2.45) is 5.41 Å². The fraction of sp³-hybridized carbons (Fsp3) is 0.714. The summed E-state index contributed by atoms with van der Waals surface area (Å²) in [6.45, 7) is 8.75. The Morgan fingerprint density at radius 3 is 0.909 bits per heavy atom. The van der Waals surface area contributed by atoms with Crippen LogP contribution in [0.1, 0.15) is 27.7 Å². The minimum absolute atomic E-state index is 0.500. The van der Waals surface area contributed by atoms with Crippen molar-refractivity contribution in [1.29, 1.82) is 0 Å². The van der Waals surface area contributed by atoms with Gasteiger partial charge in [0, 0.05) is 0 Å². The Balaban J connectivity index is -0.0000000933. The summed E-state index contributed by atoms with van der Waals surface area (Å²) >= 11 is 0. The molecule has 0 heterocycles. The Bertz CT molecular complexity index is 117. The van der Waals surface area contributed by atoms with Crippen LogP contribution in [0.25, 0.3) is 10.8 Å². The van der Waals surface area contributed by atoms with Gasteiger partial charge in [0.05, 0.1) is 0 Å². The van der Waals surface area contributed by atoms with Gasteiger partial charge in [-0.05, 0) is 17.6 Å². The average Bonchev–Trinajstić information content (AvgIpc) is 1.62. The first-order valence-electron chi connectivity index (χ1n) is 2.86. The number of hydrogen-bond donors (Lipinski definition) is 0. The summed E-state index contributed by atoms with van der Waals surface area (Å²) in [6.07, 6.45) is 1.00. The van der Waals surface area contributed by atoms with E-state index in [0.717, 1.165) is 0 Å². The Morgan fingerprint density at radius 2 is 0.909 bits per heavy atom. The predicted octanol–water partition coefficient (Wildman–Crippen LogP) is 1.84. The van der Waals surface area contributed by atoms with Crippen LogP contribution < -0.4 is 0 Å². The largest absolute Gasteiger partial charge is 0.724 e. The maximum atomic E-state index is 8.24. The van der Waals surface area contributed by atoms with Crippen molar-refractivity contribution in [1.82, 2.24) is 0 Å². The first-order chi connectivity index (χ1) is 4.83. The number of nitrogens with zero attached hydrogens (tertiary/aromatic N) is 2. The van der Waals surface area contributed by atoms with Gasteiger partial charge >= 0.3 is 0 Å². The van der Waals surface area contributed by atoms with Crippen LogP contribution in [0, 0.1) is 5.41 Å². The van der Waals surface area contributed by atoms with E-state index < -0.39 is 0 Å². The molecule has 0 rings (SSSR count). The molecule has 0 radical (unpaired) electrons. The Hall–Kier alpha value is -1.24. The van der Waals surface area contributed by atoms with Crippen LogP contribution in [-0.4, -0.2) is 12.2 Å². The van der Waals surface area contributed by atoms with E-state index in [1.54, 1.807) is 0 Å². The monoisotopic (exact) mass is 156 g/mol. The minimum atomic E-state index is 0.500. The third-order valence-electron chi connectivity index (χ3n) is 0. The molecule has 4 nitrogen and oxygen atoms in total. The van der Waals surface area contributed by atoms with Crippen LogP contribution >= 0.6 is 0 Å². The third kappa shape index (κ3) is 260. The van der Waals surface area contributed by atoms with E-state index in [1.807, 2.05) is 0 Å². The van der Waals surface area contributed by atoms with E-state index in [0.29, 0.717) is 17.6 Å². The highest BCUT2D eigenvalue weighted by Gasteiger charge is 1.95. The van der Waals surface area contributed by atoms with E-state index >= 15 is 0 Å². The lowest BCUT2D eigenvalue weighted by Crippen LogP contribution is -1.93. The van der Waals surface area contributed by atoms with Gasteiger partial charge < -0.3 is 10.8 Å². The molecule has 0 N–H and O–H groups in total. The van der Waals surface area contributed by atoms with E-state index in [9.17, 15) is 0 Å². The normalized spacial score (nSPS) is 6.91. The number of carbonyl (C=O) groups excluding carboxylic acids is 2. The first kappa shape index (κ1) is 16.4. The van der Waals surface area contributed by atoms with Gasteiger partial charge in [-0.2, -0.15) is 0 Å². The lowest BCUT2D eigenvalue weighted by atomic mass is 10.0. The van der Waals surface area contributed by atoms with Crippen molar-refractivity contribution in [2.45, 2.75) is 27.7 Å². The van der Waals surface area contributed by atoms with Gasteiger partial charge in [-0.25, -0.2) is 0 Å². The third-order valence-corrected chi connectivity index (χ3v) is 0. The van der Waals surface area contributed by atoms with Crippen molar-refractivity contribution in [2.75, 3.05) is 0 Å². The molecule has 0 aliphatic heterocycles. The van der Waals surface area contributed by atoms with Crippen molar-refractivity contribution in [3.63, 3.8) is 0 Å². The summed E-state index contributed by atoms with van der Waals surface area (Å²) in [7, 11) is 0. The van der Waals surface area contributed by atoms with Crippen LogP contribution in [0.2, 0.25) is 0 Å². The van der Waals surface area contributed by atoms with Crippen molar-refractivity contribution < 1.29 is 9.59 Å². The highest BCUT2D eigenvalue weighted by atomic mass is 16.1. The van der Waals surface area contributed by atoms with Gasteiger partial charge in [-0.15, -0.1) is 0 Å². The van der Waals surface area contributed by atoms with E-state index in [1.165, 1.54) is 0 Å². The van der Waals surface area contributed by atoms with Gasteiger partial charge in [-0.1, -0.05) is 27.7 Å². The fourth-order valence-corrected chi connectivity index (χ4v) is 0. The summed E-state index contributed by atoms with van der Waals surface area (Å²) in [5, 5.41) is 13.5. The first-order valence-corrected chi connectivity index (χ1v) is 2.86. The Morgan fingerprint density at radius 1 is 0.909 bits per heavy atom. The van der Waals surface area contributed by atoms with Crippen LogP contribution in [0.4, 0.5) is 0 Å². The van der Waals surface area contributed by atoms with Crippen LogP contribution in [0.5, 0.6) is 0 Å². The molecular weight excluding hydrogens is 144 g/mol. The summed E-state index contributed by atoms with van der Waals surface area (Å²) in [4.78, 5) is 16.5. The molecule has 0 aromatic rings. The zero-order valence-corrected chi connectivity index (χ0v) is 7.21. The molecule has 0 aromatic heterocycles. The topological polar surface area (TPSA) is 78.7 Å². The second kappa shape index (κ2) is 11.5. The molecule has 0 amide bonds. The Labute approximate surface area is 66.6 Å². The molecule has 11 heavy (non-hydrogen) atoms. The lowest BCUT2D eigenvalue weighted by Gasteiger charge is -2.05. The zero-order valence-electron chi connectivity index (χ0n) is 7.21. The van der Waals surface area contributed by atoms with Gasteiger partial charge in [0.15, 0.2) is 0 Å². The summed E-state index contributed by atoms with van der Waals surface area (Å²) < 4.78 is 0. The van der Waals surface area contributed by atoms with Crippen LogP contribution in [0.15, 0.2) is 0 Å². The van der Waals surface area contributed by atoms with Gasteiger partial charge in [-0.3, -0.25) is 9.59 Å². The highest BCUT2D eigenvalue weighted by molar-refractivity contribution is 5.37. The second-order valence-electron chi connectivity index (χ2n) is 3.18. The molecular formula is C7H12N2O2-2. The SMILES string of the molecule is CC(C)(C)C.[N-]=C=O.[N-]=C=O. The summed E-state index contributed by atoms with van der Waals surface area (Å²) in [5.41, 5.74) is 0.500. The molecule has 0 aliphatic rings. The van der Waals surface area contributed by atoms with E-state index in [4.69, 9.17) is 20.4 Å². The van der Waals surface area contributed by atoms with E-state index in [2.05, 4.69) is 27.7 Å². The standard InChI is InChI=1S/C5H12.2CNO/c1-5(2,3)4;2*2-1-3/h1-4H3;;/q;2*-1. The quantitative estimate of drug-likeness (QED) is 0.396. The maximum Gasteiger partial charge on any atom is -0.0159 e.